The molecular weight excluding hydrogens is 492 g/mol. The second-order valence-corrected chi connectivity index (χ2v) is 14.4. The molecule has 2 rings (SSSR count). The number of ether oxygens (including phenoxy) is 2. The second-order valence-electron chi connectivity index (χ2n) is 12.5. The van der Waals surface area contributed by atoms with E-state index < -0.39 is 0 Å². The Morgan fingerprint density at radius 3 is 1.28 bits per heavy atom. The third kappa shape index (κ3) is 6.91. The zero-order chi connectivity index (χ0) is 27.7. The summed E-state index contributed by atoms with van der Waals surface area (Å²) in [5.41, 5.74) is 0.253. The molecule has 0 radical (unpaired) electrons. The van der Waals surface area contributed by atoms with Crippen molar-refractivity contribution in [3.8, 4) is 0 Å². The van der Waals surface area contributed by atoms with Gasteiger partial charge >= 0.3 is 11.9 Å². The first-order chi connectivity index (χ1) is 16.4. The van der Waals surface area contributed by atoms with E-state index in [1.54, 1.807) is 35.8 Å². The van der Waals surface area contributed by atoms with Crippen LogP contribution >= 0.6 is 22.0 Å². The van der Waals surface area contributed by atoms with Crippen molar-refractivity contribution >= 4 is 33.9 Å². The number of carbonyl (C=O) groups is 2. The van der Waals surface area contributed by atoms with Gasteiger partial charge in [-0.05, 0) is 68.2 Å². The molecule has 0 N–H and O–H groups in total. The topological polar surface area (TPSA) is 59.1 Å². The van der Waals surface area contributed by atoms with E-state index in [2.05, 4.69) is 77.2 Å². The number of esters is 2. The molecule has 2 fully saturated rings. The Labute approximate surface area is 227 Å². The average molecular weight is 541 g/mol. The van der Waals surface area contributed by atoms with Crippen LogP contribution in [0.2, 0.25) is 0 Å². The molecule has 8 heteroatoms. The number of rotatable bonds is 9. The lowest BCUT2D eigenvalue weighted by Gasteiger charge is -2.58. The van der Waals surface area contributed by atoms with Gasteiger partial charge < -0.3 is 9.47 Å². The fourth-order valence-electron chi connectivity index (χ4n) is 5.73. The molecule has 0 spiro atoms. The predicted octanol–water partition coefficient (Wildman–Crippen LogP) is 7.26. The molecule has 0 bridgehead atoms. The van der Waals surface area contributed by atoms with Crippen LogP contribution in [-0.4, -0.2) is 54.9 Å². The van der Waals surface area contributed by atoms with E-state index in [1.165, 1.54) is 0 Å². The quantitative estimate of drug-likeness (QED) is 0.131. The molecule has 0 aromatic heterocycles. The highest BCUT2D eigenvalue weighted by atomic mass is 33.1. The minimum atomic E-state index is -0.305. The smallest absolute Gasteiger partial charge is 0.333 e. The second kappa shape index (κ2) is 11.4. The Kier molecular flexibility index (Phi) is 9.92. The van der Waals surface area contributed by atoms with Gasteiger partial charge in [0, 0.05) is 80.9 Å². The minimum Gasteiger partial charge on any atom is -0.459 e. The highest BCUT2D eigenvalue weighted by molar-refractivity contribution is 8.74. The minimum absolute atomic E-state index is 0.132. The highest BCUT2D eigenvalue weighted by Gasteiger charge is 2.52. The van der Waals surface area contributed by atoms with Crippen LogP contribution in [0.4, 0.5) is 0 Å². The van der Waals surface area contributed by atoms with Crippen LogP contribution in [0.3, 0.4) is 0 Å². The highest BCUT2D eigenvalue weighted by Crippen LogP contribution is 2.54. The van der Waals surface area contributed by atoms with E-state index in [0.29, 0.717) is 11.1 Å². The summed E-state index contributed by atoms with van der Waals surface area (Å²) in [5, 5.41) is 0. The Morgan fingerprint density at radius 2 is 1.03 bits per heavy atom. The fraction of sp³-hybridized carbons (Fsp3) is 0.786. The third-order valence-corrected chi connectivity index (χ3v) is 11.1. The molecule has 4 atom stereocenters. The molecule has 0 amide bonds. The fourth-order valence-corrected chi connectivity index (χ4v) is 9.87. The monoisotopic (exact) mass is 540 g/mol. The number of nitrogens with zero attached hydrogens (tertiary/aromatic N) is 2. The Morgan fingerprint density at radius 1 is 0.722 bits per heavy atom. The van der Waals surface area contributed by atoms with Crippen LogP contribution in [0.1, 0.15) is 108 Å². The van der Waals surface area contributed by atoms with Crippen molar-refractivity contribution in [2.75, 3.05) is 0 Å². The first-order valence-electron chi connectivity index (χ1n) is 13.1. The Bertz CT molecular complexity index is 804. The lowest BCUT2D eigenvalue weighted by atomic mass is 9.78. The van der Waals surface area contributed by atoms with Crippen LogP contribution in [0.25, 0.3) is 0 Å². The summed E-state index contributed by atoms with van der Waals surface area (Å²) < 4.78 is 16.7. The van der Waals surface area contributed by atoms with E-state index in [1.807, 2.05) is 0 Å². The van der Waals surface area contributed by atoms with Crippen molar-refractivity contribution in [1.82, 2.24) is 8.61 Å². The van der Waals surface area contributed by atoms with Gasteiger partial charge in [-0.15, -0.1) is 0 Å². The average Bonchev–Trinajstić information content (AvgIpc) is 2.73. The first-order valence-corrected chi connectivity index (χ1v) is 15.2. The van der Waals surface area contributed by atoms with Crippen LogP contribution in [0.5, 0.6) is 0 Å². The molecule has 0 saturated carbocycles. The maximum Gasteiger partial charge on any atom is 0.333 e. The normalized spacial score (nSPS) is 32.5. The molecule has 2 aliphatic rings. The zero-order valence-electron chi connectivity index (χ0n) is 24.2. The number of carbonyl (C=O) groups excluding carboxylic acids is 2. The van der Waals surface area contributed by atoms with Gasteiger partial charge in [-0.3, -0.25) is 0 Å². The molecular formula is C28H48N2O4S2. The summed E-state index contributed by atoms with van der Waals surface area (Å²) in [7, 11) is 3.61. The van der Waals surface area contributed by atoms with Crippen molar-refractivity contribution in [2.24, 2.45) is 0 Å². The summed E-state index contributed by atoms with van der Waals surface area (Å²) in [6.07, 6.45) is 4.72. The van der Waals surface area contributed by atoms with Crippen molar-refractivity contribution in [2.45, 2.75) is 142 Å². The van der Waals surface area contributed by atoms with Gasteiger partial charge in [-0.2, -0.15) is 0 Å². The number of hydrogen-bond acceptors (Lipinski definition) is 8. The van der Waals surface area contributed by atoms with Gasteiger partial charge in [0.2, 0.25) is 0 Å². The summed E-state index contributed by atoms with van der Waals surface area (Å²) in [4.78, 5) is 24.5. The molecule has 4 unspecified atom stereocenters. The Balaban J connectivity index is 2.23. The van der Waals surface area contributed by atoms with Crippen molar-refractivity contribution in [1.29, 1.82) is 0 Å². The molecule has 206 valence electrons. The lowest BCUT2D eigenvalue weighted by molar-refractivity contribution is -0.152. The largest absolute Gasteiger partial charge is 0.459 e. The van der Waals surface area contributed by atoms with Crippen LogP contribution in [0.15, 0.2) is 24.3 Å². The van der Waals surface area contributed by atoms with Gasteiger partial charge in [0.05, 0.1) is 0 Å². The summed E-state index contributed by atoms with van der Waals surface area (Å²) >= 11 is 0. The maximum absolute atomic E-state index is 12.3. The first kappa shape index (κ1) is 31.3. The van der Waals surface area contributed by atoms with E-state index in [-0.39, 0.29) is 46.3 Å². The Hall–Kier alpha value is -0.960. The number of hydrogen-bond donors (Lipinski definition) is 0. The standard InChI is InChI=1S/C28H48N2O4S2/c1-13-27(11)17-21(33-23(31)19(3)4)15-25(7,8)29(27)35-36-30-26(9,10)16-22(18-28(30,12)14-2)34-24(32)20(5)6/h21-22H,3,5,13-18H2,1-2,4,6-12H3. The van der Waals surface area contributed by atoms with E-state index >= 15 is 0 Å². The molecule has 2 heterocycles. The lowest BCUT2D eigenvalue weighted by Crippen LogP contribution is -2.62. The summed E-state index contributed by atoms with van der Waals surface area (Å²) in [5.74, 6) is -0.610. The van der Waals surface area contributed by atoms with Gasteiger partial charge in [-0.1, -0.05) is 27.0 Å². The van der Waals surface area contributed by atoms with Gasteiger partial charge in [0.15, 0.2) is 0 Å². The van der Waals surface area contributed by atoms with E-state index in [4.69, 9.17) is 9.47 Å². The van der Waals surface area contributed by atoms with Crippen molar-refractivity contribution in [3.05, 3.63) is 24.3 Å². The predicted molar refractivity (Wildman–Crippen MR) is 152 cm³/mol. The van der Waals surface area contributed by atoms with Crippen LogP contribution in [-0.2, 0) is 19.1 Å². The summed E-state index contributed by atoms with van der Waals surface area (Å²) in [6.45, 7) is 28.8. The zero-order valence-corrected chi connectivity index (χ0v) is 25.8. The van der Waals surface area contributed by atoms with E-state index in [0.717, 1.165) is 38.5 Å². The maximum atomic E-state index is 12.3. The van der Waals surface area contributed by atoms with Crippen molar-refractivity contribution < 1.29 is 19.1 Å². The number of piperidine rings is 2. The molecule has 2 aliphatic heterocycles. The summed E-state index contributed by atoms with van der Waals surface area (Å²) in [6, 6.07) is 0. The van der Waals surface area contributed by atoms with Gasteiger partial charge in [0.25, 0.3) is 0 Å². The molecule has 0 aromatic rings. The van der Waals surface area contributed by atoms with Crippen molar-refractivity contribution in [3.63, 3.8) is 0 Å². The van der Waals surface area contributed by atoms with Gasteiger partial charge in [0.1, 0.15) is 12.2 Å². The van der Waals surface area contributed by atoms with Gasteiger partial charge in [-0.25, -0.2) is 18.2 Å². The molecule has 36 heavy (non-hydrogen) atoms. The SMILES string of the molecule is C=C(C)C(=O)OC1CC(C)(C)N(SSN2C(C)(C)CC(OC(=O)C(=C)C)CC2(C)CC)C(C)(CC)C1. The van der Waals surface area contributed by atoms with Crippen LogP contribution < -0.4 is 0 Å². The molecule has 0 aromatic carbocycles. The molecule has 6 nitrogen and oxygen atoms in total. The van der Waals surface area contributed by atoms with Crippen LogP contribution in [0, 0.1) is 0 Å². The molecule has 2 saturated heterocycles. The van der Waals surface area contributed by atoms with E-state index in [9.17, 15) is 9.59 Å². The molecule has 0 aliphatic carbocycles. The third-order valence-electron chi connectivity index (χ3n) is 7.82.